The maximum Gasteiger partial charge on any atom is 0.443 e. The van der Waals surface area contributed by atoms with Crippen molar-refractivity contribution < 1.29 is 19.2 Å². The van der Waals surface area contributed by atoms with E-state index in [1.165, 1.54) is 0 Å². The molecule has 1 amide bonds. The molecule has 0 aromatic rings. The standard InChI is InChI=1S/C16H27NO4/c1-7-20-15(19)17(21-14(18)11(2)3)13-8-9-16(5,6)10-12(13)4/h12-13H,2,7-10H2,1,3-6H3. The Kier molecular flexibility index (Phi) is 5.81. The lowest BCUT2D eigenvalue weighted by Crippen LogP contribution is -2.48. The fourth-order valence-electron chi connectivity index (χ4n) is 2.88. The Labute approximate surface area is 127 Å². The zero-order valence-corrected chi connectivity index (χ0v) is 13.8. The third-order valence-electron chi connectivity index (χ3n) is 3.93. The third-order valence-corrected chi connectivity index (χ3v) is 3.93. The van der Waals surface area contributed by atoms with E-state index in [0.717, 1.165) is 24.3 Å². The number of nitrogens with zero attached hydrogens (tertiary/aromatic N) is 1. The zero-order valence-electron chi connectivity index (χ0n) is 13.8. The lowest BCUT2D eigenvalue weighted by atomic mass is 9.70. The third kappa shape index (κ3) is 4.76. The topological polar surface area (TPSA) is 55.8 Å². The van der Waals surface area contributed by atoms with Crippen LogP contribution < -0.4 is 0 Å². The molecule has 1 saturated carbocycles. The van der Waals surface area contributed by atoms with Crippen LogP contribution >= 0.6 is 0 Å². The first kappa shape index (κ1) is 17.5. The number of rotatable bonds is 3. The number of hydroxylamine groups is 2. The van der Waals surface area contributed by atoms with Gasteiger partial charge >= 0.3 is 12.1 Å². The molecule has 1 rings (SSSR count). The Morgan fingerprint density at radius 2 is 2.00 bits per heavy atom. The van der Waals surface area contributed by atoms with E-state index >= 15 is 0 Å². The minimum Gasteiger partial charge on any atom is -0.448 e. The summed E-state index contributed by atoms with van der Waals surface area (Å²) in [5.41, 5.74) is 0.502. The van der Waals surface area contributed by atoms with Crippen molar-refractivity contribution in [2.45, 2.75) is 59.9 Å². The predicted octanol–water partition coefficient (Wildman–Crippen LogP) is 3.69. The Bertz CT molecular complexity index is 417. The molecule has 0 aromatic heterocycles. The lowest BCUT2D eigenvalue weighted by molar-refractivity contribution is -0.194. The monoisotopic (exact) mass is 297 g/mol. The van der Waals surface area contributed by atoms with E-state index in [0.29, 0.717) is 0 Å². The van der Waals surface area contributed by atoms with E-state index in [2.05, 4.69) is 27.4 Å². The molecule has 0 spiro atoms. The van der Waals surface area contributed by atoms with Crippen molar-refractivity contribution in [3.63, 3.8) is 0 Å². The van der Waals surface area contributed by atoms with Gasteiger partial charge in [-0.2, -0.15) is 0 Å². The highest BCUT2D eigenvalue weighted by Gasteiger charge is 2.40. The SMILES string of the molecule is C=C(C)C(=O)ON(C(=O)OCC)C1CCC(C)(C)CC1C. The summed E-state index contributed by atoms with van der Waals surface area (Å²) in [7, 11) is 0. The fraction of sp³-hybridized carbons (Fsp3) is 0.750. The van der Waals surface area contributed by atoms with Crippen molar-refractivity contribution in [3.8, 4) is 0 Å². The first-order chi connectivity index (χ1) is 9.68. The van der Waals surface area contributed by atoms with Crippen LogP contribution in [0.4, 0.5) is 4.79 Å². The highest BCUT2D eigenvalue weighted by molar-refractivity contribution is 5.87. The van der Waals surface area contributed by atoms with Crippen molar-refractivity contribution in [3.05, 3.63) is 12.2 Å². The second kappa shape index (κ2) is 6.96. The Morgan fingerprint density at radius 3 is 2.48 bits per heavy atom. The molecule has 0 bridgehead atoms. The number of hydrogen-bond donors (Lipinski definition) is 0. The molecule has 21 heavy (non-hydrogen) atoms. The van der Waals surface area contributed by atoms with E-state index in [9.17, 15) is 9.59 Å². The molecule has 5 heteroatoms. The molecule has 5 nitrogen and oxygen atoms in total. The summed E-state index contributed by atoms with van der Waals surface area (Å²) in [6, 6.07) is -0.152. The number of amides is 1. The Hall–Kier alpha value is -1.52. The molecule has 1 fully saturated rings. The summed E-state index contributed by atoms with van der Waals surface area (Å²) in [4.78, 5) is 29.1. The number of hydrogen-bond acceptors (Lipinski definition) is 4. The highest BCUT2D eigenvalue weighted by atomic mass is 16.8. The van der Waals surface area contributed by atoms with E-state index in [-0.39, 0.29) is 29.6 Å². The summed E-state index contributed by atoms with van der Waals surface area (Å²) in [5.74, 6) is -0.365. The van der Waals surface area contributed by atoms with E-state index in [1.54, 1.807) is 13.8 Å². The maximum absolute atomic E-state index is 12.1. The zero-order chi connectivity index (χ0) is 16.2. The molecule has 0 heterocycles. The molecular formula is C16H27NO4. The number of carbonyl (C=O) groups is 2. The van der Waals surface area contributed by atoms with Gasteiger partial charge in [0, 0.05) is 5.57 Å². The maximum atomic E-state index is 12.1. The highest BCUT2D eigenvalue weighted by Crippen LogP contribution is 2.40. The van der Waals surface area contributed by atoms with Gasteiger partial charge < -0.3 is 9.57 Å². The summed E-state index contributed by atoms with van der Waals surface area (Å²) >= 11 is 0. The van der Waals surface area contributed by atoms with Gasteiger partial charge in [0.15, 0.2) is 0 Å². The molecule has 1 aliphatic rings. The van der Waals surface area contributed by atoms with Crippen molar-refractivity contribution in [1.82, 2.24) is 5.06 Å². The summed E-state index contributed by atoms with van der Waals surface area (Å²) in [6.07, 6.45) is 2.13. The van der Waals surface area contributed by atoms with Crippen LogP contribution in [-0.2, 0) is 14.4 Å². The first-order valence-corrected chi connectivity index (χ1v) is 7.51. The van der Waals surface area contributed by atoms with E-state index in [4.69, 9.17) is 9.57 Å². The van der Waals surface area contributed by atoms with Crippen LogP contribution in [0, 0.1) is 11.3 Å². The van der Waals surface area contributed by atoms with Gasteiger partial charge in [-0.05, 0) is 44.4 Å². The van der Waals surface area contributed by atoms with Crippen molar-refractivity contribution in [2.75, 3.05) is 6.61 Å². The molecule has 0 aromatic carbocycles. The second-order valence-corrected chi connectivity index (χ2v) is 6.64. The molecule has 0 saturated heterocycles. The average molecular weight is 297 g/mol. The fourth-order valence-corrected chi connectivity index (χ4v) is 2.88. The van der Waals surface area contributed by atoms with Crippen LogP contribution in [0.3, 0.4) is 0 Å². The van der Waals surface area contributed by atoms with Crippen molar-refractivity contribution in [2.24, 2.45) is 11.3 Å². The van der Waals surface area contributed by atoms with Crippen LogP contribution in [0.5, 0.6) is 0 Å². The molecule has 2 atom stereocenters. The average Bonchev–Trinajstić information content (AvgIpc) is 2.35. The first-order valence-electron chi connectivity index (χ1n) is 7.51. The molecule has 0 N–H and O–H groups in total. The van der Waals surface area contributed by atoms with E-state index < -0.39 is 12.1 Å². The Balaban J connectivity index is 2.88. The van der Waals surface area contributed by atoms with Crippen LogP contribution in [0.1, 0.15) is 53.9 Å². The lowest BCUT2D eigenvalue weighted by Gasteiger charge is -2.42. The van der Waals surface area contributed by atoms with Gasteiger partial charge in [-0.3, -0.25) is 0 Å². The molecule has 0 aliphatic heterocycles. The molecular weight excluding hydrogens is 270 g/mol. The largest absolute Gasteiger partial charge is 0.448 e. The van der Waals surface area contributed by atoms with Gasteiger partial charge in [0.2, 0.25) is 0 Å². The molecule has 2 unspecified atom stereocenters. The van der Waals surface area contributed by atoms with Crippen LogP contribution in [-0.4, -0.2) is 29.8 Å². The normalized spacial score (nSPS) is 24.0. The van der Waals surface area contributed by atoms with Crippen LogP contribution in [0.25, 0.3) is 0 Å². The quantitative estimate of drug-likeness (QED) is 0.589. The van der Waals surface area contributed by atoms with Gasteiger partial charge in [0.25, 0.3) is 0 Å². The summed E-state index contributed by atoms with van der Waals surface area (Å²) in [5, 5.41) is 1.11. The van der Waals surface area contributed by atoms with Gasteiger partial charge in [-0.15, -0.1) is 5.06 Å². The van der Waals surface area contributed by atoms with Crippen LogP contribution in [0.15, 0.2) is 12.2 Å². The van der Waals surface area contributed by atoms with Crippen molar-refractivity contribution >= 4 is 12.1 Å². The summed E-state index contributed by atoms with van der Waals surface area (Å²) in [6.45, 7) is 13.6. The molecule has 120 valence electrons. The summed E-state index contributed by atoms with van der Waals surface area (Å²) < 4.78 is 5.02. The smallest absolute Gasteiger partial charge is 0.443 e. The van der Waals surface area contributed by atoms with Crippen LogP contribution in [0.2, 0.25) is 0 Å². The van der Waals surface area contributed by atoms with Crippen molar-refractivity contribution in [1.29, 1.82) is 0 Å². The van der Waals surface area contributed by atoms with Gasteiger partial charge in [-0.1, -0.05) is 27.4 Å². The predicted molar refractivity (Wildman–Crippen MR) is 80.4 cm³/mol. The molecule has 1 aliphatic carbocycles. The molecule has 0 radical (unpaired) electrons. The van der Waals surface area contributed by atoms with Gasteiger partial charge in [-0.25, -0.2) is 9.59 Å². The minimum absolute atomic E-state index is 0.152. The van der Waals surface area contributed by atoms with Gasteiger partial charge in [0.05, 0.1) is 12.6 Å². The van der Waals surface area contributed by atoms with E-state index in [1.807, 2.05) is 0 Å². The number of carbonyl (C=O) groups excluding carboxylic acids is 2. The Morgan fingerprint density at radius 1 is 1.38 bits per heavy atom. The van der Waals surface area contributed by atoms with Gasteiger partial charge in [0.1, 0.15) is 0 Å². The number of ether oxygens (including phenoxy) is 1. The second-order valence-electron chi connectivity index (χ2n) is 6.64. The minimum atomic E-state index is -0.608.